The molecule has 1 unspecified atom stereocenters. The number of nitrogens with zero attached hydrogens (tertiary/aromatic N) is 3. The van der Waals surface area contributed by atoms with Crippen LogP contribution in [-0.4, -0.2) is 88.9 Å². The van der Waals surface area contributed by atoms with Gasteiger partial charge in [0.15, 0.2) is 5.96 Å². The van der Waals surface area contributed by atoms with E-state index in [-0.39, 0.29) is 6.04 Å². The Kier molecular flexibility index (Phi) is 10.6. The van der Waals surface area contributed by atoms with Crippen molar-refractivity contribution in [2.24, 2.45) is 10.9 Å². The van der Waals surface area contributed by atoms with Crippen LogP contribution in [-0.2, 0) is 4.74 Å². The van der Waals surface area contributed by atoms with Gasteiger partial charge in [-0.05, 0) is 82.4 Å². The molecule has 0 aromatic heterocycles. The minimum atomic E-state index is 0.284. The summed E-state index contributed by atoms with van der Waals surface area (Å²) in [7, 11) is 3.51. The van der Waals surface area contributed by atoms with Gasteiger partial charge in [-0.2, -0.15) is 0 Å². The summed E-state index contributed by atoms with van der Waals surface area (Å²) in [6.07, 6.45) is 5.00. The number of guanidine groups is 1. The largest absolute Gasteiger partial charge is 0.497 e. The molecule has 0 radical (unpaired) electrons. The fraction of sp³-hybridized carbons (Fsp3) is 0.720. The molecule has 0 aliphatic carbocycles. The average Bonchev–Trinajstić information content (AvgIpc) is 3.36. The van der Waals surface area contributed by atoms with Gasteiger partial charge in [0.05, 0.1) is 26.3 Å². The Morgan fingerprint density at radius 3 is 2.59 bits per heavy atom. The van der Waals surface area contributed by atoms with E-state index >= 15 is 0 Å². The molecule has 0 saturated carbocycles. The summed E-state index contributed by atoms with van der Waals surface area (Å²) in [5.74, 6) is 2.55. The summed E-state index contributed by atoms with van der Waals surface area (Å²) in [6, 6.07) is 8.75. The first-order valence-corrected chi connectivity index (χ1v) is 12.3. The minimum Gasteiger partial charge on any atom is -0.497 e. The van der Waals surface area contributed by atoms with E-state index in [0.717, 1.165) is 70.7 Å². The minimum absolute atomic E-state index is 0.284. The third-order valence-corrected chi connectivity index (χ3v) is 6.70. The van der Waals surface area contributed by atoms with Gasteiger partial charge in [-0.1, -0.05) is 12.1 Å². The highest BCUT2D eigenvalue weighted by molar-refractivity contribution is 5.79. The summed E-state index contributed by atoms with van der Waals surface area (Å²) in [5, 5.41) is 7.07. The van der Waals surface area contributed by atoms with Crippen molar-refractivity contribution in [1.82, 2.24) is 20.4 Å². The van der Waals surface area contributed by atoms with Gasteiger partial charge in [-0.3, -0.25) is 9.89 Å². The standard InChI is InChI=1S/C25H43N5O2/c1-4-26-25(27-19-21-10-14-29(15-11-21)16-17-31-2)28-20-24(30-12-5-6-13-30)22-8-7-9-23(18-22)32-3/h7-9,18,21,24H,4-6,10-17,19-20H2,1-3H3,(H2,26,27,28). The third kappa shape index (κ3) is 7.64. The molecule has 2 aliphatic rings. The van der Waals surface area contributed by atoms with Gasteiger partial charge in [0.2, 0.25) is 0 Å². The van der Waals surface area contributed by atoms with E-state index < -0.39 is 0 Å². The zero-order valence-corrected chi connectivity index (χ0v) is 20.3. The highest BCUT2D eigenvalue weighted by Crippen LogP contribution is 2.28. The third-order valence-electron chi connectivity index (χ3n) is 6.70. The van der Waals surface area contributed by atoms with Crippen molar-refractivity contribution in [3.05, 3.63) is 29.8 Å². The Hall–Kier alpha value is -1.83. The maximum Gasteiger partial charge on any atom is 0.191 e. The summed E-state index contributed by atoms with van der Waals surface area (Å²) in [5.41, 5.74) is 1.29. The number of aliphatic imine (C=N–C) groups is 1. The van der Waals surface area contributed by atoms with E-state index in [1.165, 1.54) is 31.2 Å². The van der Waals surface area contributed by atoms with Crippen molar-refractivity contribution < 1.29 is 9.47 Å². The predicted molar refractivity (Wildman–Crippen MR) is 132 cm³/mol. The van der Waals surface area contributed by atoms with Gasteiger partial charge >= 0.3 is 0 Å². The number of nitrogens with one attached hydrogen (secondary N) is 2. The molecule has 180 valence electrons. The molecular weight excluding hydrogens is 402 g/mol. The molecule has 0 bridgehead atoms. The van der Waals surface area contributed by atoms with Crippen LogP contribution >= 0.6 is 0 Å². The molecule has 3 rings (SSSR count). The molecule has 1 aromatic rings. The lowest BCUT2D eigenvalue weighted by Crippen LogP contribution is -2.43. The molecule has 32 heavy (non-hydrogen) atoms. The zero-order chi connectivity index (χ0) is 22.6. The fourth-order valence-electron chi connectivity index (χ4n) is 4.73. The second kappa shape index (κ2) is 13.7. The van der Waals surface area contributed by atoms with Crippen molar-refractivity contribution in [2.45, 2.75) is 38.6 Å². The van der Waals surface area contributed by atoms with Crippen LogP contribution in [0.4, 0.5) is 0 Å². The van der Waals surface area contributed by atoms with E-state index in [9.17, 15) is 0 Å². The quantitative estimate of drug-likeness (QED) is 0.403. The Morgan fingerprint density at radius 1 is 1.12 bits per heavy atom. The Balaban J connectivity index is 1.57. The van der Waals surface area contributed by atoms with Gasteiger partial charge in [-0.25, -0.2) is 0 Å². The number of likely N-dealkylation sites (tertiary alicyclic amines) is 2. The molecule has 1 aromatic carbocycles. The van der Waals surface area contributed by atoms with Crippen LogP contribution in [0.5, 0.6) is 5.75 Å². The van der Waals surface area contributed by atoms with Crippen molar-refractivity contribution in [3.63, 3.8) is 0 Å². The second-order valence-electron chi connectivity index (χ2n) is 8.91. The summed E-state index contributed by atoms with van der Waals surface area (Å²) in [6.45, 7) is 11.2. The SMILES string of the molecule is CCNC(=NCC(c1cccc(OC)c1)N1CCCC1)NCC1CCN(CCOC)CC1. The van der Waals surface area contributed by atoms with Gasteiger partial charge in [0.1, 0.15) is 5.75 Å². The number of hydrogen-bond acceptors (Lipinski definition) is 5. The Bertz CT molecular complexity index is 685. The zero-order valence-electron chi connectivity index (χ0n) is 20.3. The van der Waals surface area contributed by atoms with Crippen LogP contribution in [0.2, 0.25) is 0 Å². The fourth-order valence-corrected chi connectivity index (χ4v) is 4.73. The monoisotopic (exact) mass is 445 g/mol. The molecule has 2 aliphatic heterocycles. The van der Waals surface area contributed by atoms with Crippen LogP contribution in [0.3, 0.4) is 0 Å². The molecule has 2 fully saturated rings. The lowest BCUT2D eigenvalue weighted by molar-refractivity contribution is 0.121. The van der Waals surface area contributed by atoms with Gasteiger partial charge in [0.25, 0.3) is 0 Å². The molecule has 7 nitrogen and oxygen atoms in total. The first-order chi connectivity index (χ1) is 15.7. The lowest BCUT2D eigenvalue weighted by Gasteiger charge is -2.32. The second-order valence-corrected chi connectivity index (χ2v) is 8.91. The number of ether oxygens (including phenoxy) is 2. The highest BCUT2D eigenvalue weighted by atomic mass is 16.5. The van der Waals surface area contributed by atoms with Gasteiger partial charge in [-0.15, -0.1) is 0 Å². The van der Waals surface area contributed by atoms with E-state index in [4.69, 9.17) is 14.5 Å². The van der Waals surface area contributed by atoms with Gasteiger partial charge < -0.3 is 25.0 Å². The molecule has 0 spiro atoms. The van der Waals surface area contributed by atoms with Crippen molar-refractivity contribution >= 4 is 5.96 Å². The summed E-state index contributed by atoms with van der Waals surface area (Å²) in [4.78, 5) is 10.1. The van der Waals surface area contributed by atoms with Crippen LogP contribution < -0.4 is 15.4 Å². The molecular formula is C25H43N5O2. The van der Waals surface area contributed by atoms with Crippen LogP contribution in [0, 0.1) is 5.92 Å². The maximum absolute atomic E-state index is 5.48. The van der Waals surface area contributed by atoms with E-state index in [2.05, 4.69) is 45.6 Å². The molecule has 7 heteroatoms. The average molecular weight is 446 g/mol. The van der Waals surface area contributed by atoms with Crippen molar-refractivity contribution in [3.8, 4) is 5.75 Å². The van der Waals surface area contributed by atoms with E-state index in [1.54, 1.807) is 14.2 Å². The van der Waals surface area contributed by atoms with Crippen LogP contribution in [0.15, 0.2) is 29.3 Å². The summed E-state index contributed by atoms with van der Waals surface area (Å²) < 4.78 is 10.7. The normalized spacial score (nSPS) is 19.8. The van der Waals surface area contributed by atoms with Crippen molar-refractivity contribution in [1.29, 1.82) is 0 Å². The van der Waals surface area contributed by atoms with E-state index in [1.807, 2.05) is 6.07 Å². The Morgan fingerprint density at radius 2 is 1.91 bits per heavy atom. The number of benzene rings is 1. The first-order valence-electron chi connectivity index (χ1n) is 12.3. The highest BCUT2D eigenvalue weighted by Gasteiger charge is 2.24. The molecule has 2 N–H and O–H groups in total. The molecule has 0 amide bonds. The number of hydrogen-bond donors (Lipinski definition) is 2. The van der Waals surface area contributed by atoms with Crippen LogP contribution in [0.1, 0.15) is 44.2 Å². The molecule has 2 heterocycles. The molecule has 1 atom stereocenters. The first kappa shape index (κ1) is 24.8. The smallest absolute Gasteiger partial charge is 0.191 e. The maximum atomic E-state index is 5.48. The number of piperidine rings is 1. The van der Waals surface area contributed by atoms with Gasteiger partial charge in [0, 0.05) is 26.7 Å². The number of rotatable bonds is 11. The number of methoxy groups -OCH3 is 2. The molecule has 2 saturated heterocycles. The predicted octanol–water partition coefficient (Wildman–Crippen LogP) is 2.75. The van der Waals surface area contributed by atoms with Crippen LogP contribution in [0.25, 0.3) is 0 Å². The summed E-state index contributed by atoms with van der Waals surface area (Å²) >= 11 is 0. The Labute approximate surface area is 194 Å². The van der Waals surface area contributed by atoms with E-state index in [0.29, 0.717) is 5.92 Å². The van der Waals surface area contributed by atoms with Crippen molar-refractivity contribution in [2.75, 3.05) is 73.2 Å². The topological polar surface area (TPSA) is 61.4 Å². The lowest BCUT2D eigenvalue weighted by atomic mass is 9.97.